The van der Waals surface area contributed by atoms with Gasteiger partial charge < -0.3 is 9.88 Å². The number of alkyl halides is 3. The van der Waals surface area contributed by atoms with Gasteiger partial charge in [0.05, 0.1) is 12.1 Å². The fourth-order valence-corrected chi connectivity index (χ4v) is 1.98. The van der Waals surface area contributed by atoms with Crippen LogP contribution in [0.4, 0.5) is 18.9 Å². The standard InChI is InChI=1S/C15H13F3N2O2/c1-10(21)19-13-5-3-2-4-11(13)8-20-9-12(15(16,17)18)6-7-14(20)22/h2-7,9H,8H2,1H3,(H,19,21). The molecule has 0 atom stereocenters. The van der Waals surface area contributed by atoms with Gasteiger partial charge in [-0.3, -0.25) is 9.59 Å². The summed E-state index contributed by atoms with van der Waals surface area (Å²) in [6.07, 6.45) is -3.75. The molecule has 1 aromatic heterocycles. The zero-order valence-electron chi connectivity index (χ0n) is 11.6. The van der Waals surface area contributed by atoms with E-state index in [0.717, 1.165) is 22.9 Å². The van der Waals surface area contributed by atoms with Crippen LogP contribution in [0.3, 0.4) is 0 Å². The number of halogens is 3. The lowest BCUT2D eigenvalue weighted by Crippen LogP contribution is -2.22. The first-order chi connectivity index (χ1) is 10.3. The molecule has 1 amide bonds. The molecule has 0 saturated carbocycles. The second-order valence-corrected chi connectivity index (χ2v) is 4.72. The first-order valence-electron chi connectivity index (χ1n) is 6.40. The quantitative estimate of drug-likeness (QED) is 0.948. The molecule has 0 aliphatic carbocycles. The zero-order chi connectivity index (χ0) is 16.3. The Labute approximate surface area is 124 Å². The number of benzene rings is 1. The van der Waals surface area contributed by atoms with Crippen LogP contribution in [0.15, 0.2) is 47.4 Å². The van der Waals surface area contributed by atoms with E-state index in [1.165, 1.54) is 6.92 Å². The number of carbonyl (C=O) groups excluding carboxylic acids is 1. The Kier molecular flexibility index (Phi) is 4.35. The van der Waals surface area contributed by atoms with Gasteiger partial charge in [0.15, 0.2) is 0 Å². The number of para-hydroxylation sites is 1. The van der Waals surface area contributed by atoms with Crippen LogP contribution in [-0.4, -0.2) is 10.5 Å². The molecule has 0 bridgehead atoms. The number of aromatic nitrogens is 1. The fraction of sp³-hybridized carbons (Fsp3) is 0.200. The molecule has 2 rings (SSSR count). The maximum Gasteiger partial charge on any atom is 0.417 e. The van der Waals surface area contributed by atoms with E-state index < -0.39 is 17.3 Å². The first-order valence-corrected chi connectivity index (χ1v) is 6.40. The molecule has 2 aromatic rings. The van der Waals surface area contributed by atoms with Crippen LogP contribution in [0.2, 0.25) is 0 Å². The maximum atomic E-state index is 12.7. The van der Waals surface area contributed by atoms with Crippen molar-refractivity contribution >= 4 is 11.6 Å². The predicted octanol–water partition coefficient (Wildman–Crippen LogP) is 2.87. The molecule has 1 heterocycles. The summed E-state index contributed by atoms with van der Waals surface area (Å²) >= 11 is 0. The highest BCUT2D eigenvalue weighted by Crippen LogP contribution is 2.28. The first kappa shape index (κ1) is 15.8. The van der Waals surface area contributed by atoms with E-state index in [1.54, 1.807) is 24.3 Å². The molecule has 0 saturated heterocycles. The van der Waals surface area contributed by atoms with E-state index in [-0.39, 0.29) is 12.5 Å². The predicted molar refractivity (Wildman–Crippen MR) is 75.6 cm³/mol. The van der Waals surface area contributed by atoms with Crippen molar-refractivity contribution in [2.24, 2.45) is 0 Å². The number of anilines is 1. The van der Waals surface area contributed by atoms with Crippen molar-refractivity contribution < 1.29 is 18.0 Å². The summed E-state index contributed by atoms with van der Waals surface area (Å²) in [6, 6.07) is 8.25. The van der Waals surface area contributed by atoms with Crippen molar-refractivity contribution in [3.05, 3.63) is 64.1 Å². The minimum Gasteiger partial charge on any atom is -0.326 e. The Morgan fingerprint density at radius 2 is 1.86 bits per heavy atom. The van der Waals surface area contributed by atoms with Gasteiger partial charge in [-0.15, -0.1) is 0 Å². The van der Waals surface area contributed by atoms with Crippen LogP contribution in [-0.2, 0) is 17.5 Å². The maximum absolute atomic E-state index is 12.7. The molecular weight excluding hydrogens is 297 g/mol. The zero-order valence-corrected chi connectivity index (χ0v) is 11.6. The Bertz CT molecular complexity index is 751. The lowest BCUT2D eigenvalue weighted by molar-refractivity contribution is -0.138. The van der Waals surface area contributed by atoms with Gasteiger partial charge in [-0.1, -0.05) is 18.2 Å². The van der Waals surface area contributed by atoms with E-state index in [4.69, 9.17) is 0 Å². The van der Waals surface area contributed by atoms with E-state index in [9.17, 15) is 22.8 Å². The molecule has 0 aliphatic rings. The molecule has 1 aromatic carbocycles. The highest BCUT2D eigenvalue weighted by Gasteiger charge is 2.31. The second-order valence-electron chi connectivity index (χ2n) is 4.72. The number of nitrogens with zero attached hydrogens (tertiary/aromatic N) is 1. The molecule has 1 N–H and O–H groups in total. The molecule has 0 radical (unpaired) electrons. The van der Waals surface area contributed by atoms with Gasteiger partial charge in [-0.05, 0) is 17.7 Å². The van der Waals surface area contributed by atoms with Crippen LogP contribution < -0.4 is 10.9 Å². The van der Waals surface area contributed by atoms with Gasteiger partial charge in [0.2, 0.25) is 5.91 Å². The highest BCUT2D eigenvalue weighted by atomic mass is 19.4. The number of hydrogen-bond donors (Lipinski definition) is 1. The van der Waals surface area contributed by atoms with Crippen LogP contribution in [0.1, 0.15) is 18.1 Å². The molecule has 116 valence electrons. The molecule has 7 heteroatoms. The normalized spacial score (nSPS) is 11.3. The van der Waals surface area contributed by atoms with Gasteiger partial charge in [0, 0.05) is 24.9 Å². The summed E-state index contributed by atoms with van der Waals surface area (Å²) in [4.78, 5) is 22.9. The van der Waals surface area contributed by atoms with Crippen molar-refractivity contribution in [3.63, 3.8) is 0 Å². The summed E-state index contributed by atoms with van der Waals surface area (Å²) in [5.41, 5.74) is -0.451. The molecule has 0 fully saturated rings. The van der Waals surface area contributed by atoms with Crippen molar-refractivity contribution in [2.75, 3.05) is 5.32 Å². The summed E-state index contributed by atoms with van der Waals surface area (Å²) in [7, 11) is 0. The molecule has 0 spiro atoms. The molecule has 22 heavy (non-hydrogen) atoms. The second kappa shape index (κ2) is 6.05. The molecule has 0 aliphatic heterocycles. The summed E-state index contributed by atoms with van der Waals surface area (Å²) in [5, 5.41) is 2.58. The molecule has 4 nitrogen and oxygen atoms in total. The third-order valence-corrected chi connectivity index (χ3v) is 2.98. The van der Waals surface area contributed by atoms with Crippen LogP contribution in [0.25, 0.3) is 0 Å². The average Bonchev–Trinajstić information content (AvgIpc) is 2.41. The number of amides is 1. The van der Waals surface area contributed by atoms with Crippen molar-refractivity contribution in [2.45, 2.75) is 19.6 Å². The van der Waals surface area contributed by atoms with Gasteiger partial charge >= 0.3 is 6.18 Å². The topological polar surface area (TPSA) is 51.1 Å². The Morgan fingerprint density at radius 3 is 2.50 bits per heavy atom. The number of pyridine rings is 1. The molecule has 0 unspecified atom stereocenters. The lowest BCUT2D eigenvalue weighted by atomic mass is 10.1. The SMILES string of the molecule is CC(=O)Nc1ccccc1Cn1cc(C(F)(F)F)ccc1=O. The lowest BCUT2D eigenvalue weighted by Gasteiger charge is -2.13. The summed E-state index contributed by atoms with van der Waals surface area (Å²) < 4.78 is 39.1. The minimum absolute atomic E-state index is 0.0702. The Balaban J connectivity index is 2.39. The molecular formula is C15H13F3N2O2. The number of rotatable bonds is 3. The van der Waals surface area contributed by atoms with Gasteiger partial charge in [-0.25, -0.2) is 0 Å². The van der Waals surface area contributed by atoms with Gasteiger partial charge in [-0.2, -0.15) is 13.2 Å². The smallest absolute Gasteiger partial charge is 0.326 e. The van der Waals surface area contributed by atoms with Crippen LogP contribution >= 0.6 is 0 Å². The number of hydrogen-bond acceptors (Lipinski definition) is 2. The average molecular weight is 310 g/mol. The van der Waals surface area contributed by atoms with Crippen molar-refractivity contribution in [1.82, 2.24) is 4.57 Å². The largest absolute Gasteiger partial charge is 0.417 e. The fourth-order valence-electron chi connectivity index (χ4n) is 1.98. The third kappa shape index (κ3) is 3.75. The van der Waals surface area contributed by atoms with Gasteiger partial charge in [0.25, 0.3) is 5.56 Å². The van der Waals surface area contributed by atoms with Crippen molar-refractivity contribution in [1.29, 1.82) is 0 Å². The van der Waals surface area contributed by atoms with E-state index >= 15 is 0 Å². The number of nitrogens with one attached hydrogen (secondary N) is 1. The highest BCUT2D eigenvalue weighted by molar-refractivity contribution is 5.89. The Hall–Kier alpha value is -2.57. The van der Waals surface area contributed by atoms with E-state index in [0.29, 0.717) is 11.3 Å². The van der Waals surface area contributed by atoms with E-state index in [1.807, 2.05) is 0 Å². The summed E-state index contributed by atoms with van der Waals surface area (Å²) in [6.45, 7) is 1.26. The minimum atomic E-state index is -4.52. The third-order valence-electron chi connectivity index (χ3n) is 2.98. The number of carbonyl (C=O) groups is 1. The van der Waals surface area contributed by atoms with Crippen molar-refractivity contribution in [3.8, 4) is 0 Å². The van der Waals surface area contributed by atoms with E-state index in [2.05, 4.69) is 5.32 Å². The van der Waals surface area contributed by atoms with Crippen LogP contribution in [0, 0.1) is 0 Å². The van der Waals surface area contributed by atoms with Crippen LogP contribution in [0.5, 0.6) is 0 Å². The monoisotopic (exact) mass is 310 g/mol. The van der Waals surface area contributed by atoms with Gasteiger partial charge in [0.1, 0.15) is 0 Å². The Morgan fingerprint density at radius 1 is 1.18 bits per heavy atom. The summed E-state index contributed by atoms with van der Waals surface area (Å²) in [5.74, 6) is -0.302.